The number of nitrogens with zero attached hydrogens (tertiary/aromatic N) is 2. The average molecular weight is 165 g/mol. The Bertz CT molecular complexity index is 273. The SMILES string of the molecule is CC(C)c1cc(NC=O)ncn1. The van der Waals surface area contributed by atoms with Gasteiger partial charge in [0.05, 0.1) is 0 Å². The molecule has 0 radical (unpaired) electrons. The van der Waals surface area contributed by atoms with Crippen LogP contribution < -0.4 is 5.32 Å². The molecule has 0 saturated heterocycles. The summed E-state index contributed by atoms with van der Waals surface area (Å²) in [7, 11) is 0. The van der Waals surface area contributed by atoms with Crippen LogP contribution >= 0.6 is 0 Å². The molecule has 1 N–H and O–H groups in total. The molecule has 0 aliphatic carbocycles. The van der Waals surface area contributed by atoms with Crippen molar-refractivity contribution < 1.29 is 4.79 Å². The van der Waals surface area contributed by atoms with Crippen LogP contribution in [0.3, 0.4) is 0 Å². The highest BCUT2D eigenvalue weighted by atomic mass is 16.1. The normalized spacial score (nSPS) is 9.92. The molecule has 1 aromatic rings. The van der Waals surface area contributed by atoms with Gasteiger partial charge in [0.15, 0.2) is 0 Å². The van der Waals surface area contributed by atoms with Gasteiger partial charge in [-0.15, -0.1) is 0 Å². The van der Waals surface area contributed by atoms with Crippen LogP contribution in [-0.4, -0.2) is 16.4 Å². The highest BCUT2D eigenvalue weighted by Gasteiger charge is 2.01. The molecule has 0 aromatic carbocycles. The molecule has 0 fully saturated rings. The highest BCUT2D eigenvalue weighted by Crippen LogP contribution is 2.12. The molecule has 4 heteroatoms. The third-order valence-electron chi connectivity index (χ3n) is 1.49. The van der Waals surface area contributed by atoms with Crippen LogP contribution in [0.15, 0.2) is 12.4 Å². The lowest BCUT2D eigenvalue weighted by molar-refractivity contribution is -0.105. The smallest absolute Gasteiger partial charge is 0.212 e. The number of aromatic nitrogens is 2. The van der Waals surface area contributed by atoms with E-state index < -0.39 is 0 Å². The zero-order valence-corrected chi connectivity index (χ0v) is 7.11. The first-order valence-electron chi connectivity index (χ1n) is 3.76. The van der Waals surface area contributed by atoms with Gasteiger partial charge in [0.1, 0.15) is 12.1 Å². The molecular formula is C8H11N3O. The van der Waals surface area contributed by atoms with Gasteiger partial charge in [-0.05, 0) is 5.92 Å². The van der Waals surface area contributed by atoms with Crippen LogP contribution in [0.25, 0.3) is 0 Å². The summed E-state index contributed by atoms with van der Waals surface area (Å²) in [6, 6.07) is 1.76. The second-order valence-corrected chi connectivity index (χ2v) is 2.75. The number of amides is 1. The molecule has 1 heterocycles. The molecule has 12 heavy (non-hydrogen) atoms. The van der Waals surface area contributed by atoms with Gasteiger partial charge in [-0.2, -0.15) is 0 Å². The van der Waals surface area contributed by atoms with Crippen LogP contribution in [0.4, 0.5) is 5.82 Å². The number of carbonyl (C=O) groups excluding carboxylic acids is 1. The van der Waals surface area contributed by atoms with Gasteiger partial charge >= 0.3 is 0 Å². The number of hydrogen-bond acceptors (Lipinski definition) is 3. The topological polar surface area (TPSA) is 54.9 Å². The molecule has 0 bridgehead atoms. The van der Waals surface area contributed by atoms with E-state index in [1.54, 1.807) is 6.07 Å². The summed E-state index contributed by atoms with van der Waals surface area (Å²) in [5.74, 6) is 0.893. The van der Waals surface area contributed by atoms with Gasteiger partial charge in [0.2, 0.25) is 6.41 Å². The Balaban J connectivity index is 2.87. The summed E-state index contributed by atoms with van der Waals surface area (Å²) in [5, 5.41) is 2.47. The van der Waals surface area contributed by atoms with Crippen molar-refractivity contribution >= 4 is 12.2 Å². The van der Waals surface area contributed by atoms with Crippen LogP contribution in [0.2, 0.25) is 0 Å². The fourth-order valence-corrected chi connectivity index (χ4v) is 0.827. The van der Waals surface area contributed by atoms with Crippen molar-refractivity contribution in [1.82, 2.24) is 9.97 Å². The third kappa shape index (κ3) is 2.02. The van der Waals surface area contributed by atoms with Crippen molar-refractivity contribution in [3.8, 4) is 0 Å². The summed E-state index contributed by atoms with van der Waals surface area (Å²) >= 11 is 0. The first-order chi connectivity index (χ1) is 5.74. The summed E-state index contributed by atoms with van der Waals surface area (Å²) in [4.78, 5) is 18.0. The third-order valence-corrected chi connectivity index (χ3v) is 1.49. The van der Waals surface area contributed by atoms with Crippen molar-refractivity contribution in [3.63, 3.8) is 0 Å². The summed E-state index contributed by atoms with van der Waals surface area (Å²) in [6.45, 7) is 4.07. The van der Waals surface area contributed by atoms with Gasteiger partial charge in [-0.25, -0.2) is 9.97 Å². The minimum Gasteiger partial charge on any atom is -0.313 e. The van der Waals surface area contributed by atoms with Gasteiger partial charge < -0.3 is 5.32 Å². The van der Waals surface area contributed by atoms with Crippen LogP contribution in [0, 0.1) is 0 Å². The van der Waals surface area contributed by atoms with E-state index in [0.717, 1.165) is 5.69 Å². The average Bonchev–Trinajstić information content (AvgIpc) is 2.05. The molecule has 0 unspecified atom stereocenters. The number of nitrogens with one attached hydrogen (secondary N) is 1. The van der Waals surface area contributed by atoms with Gasteiger partial charge in [-0.3, -0.25) is 4.79 Å². The standard InChI is InChI=1S/C8H11N3O/c1-6(2)7-3-8(11-5-12)10-4-9-7/h3-6H,1-2H3,(H,9,10,11,12). The summed E-state index contributed by atoms with van der Waals surface area (Å²) in [6.07, 6.45) is 2.05. The lowest BCUT2D eigenvalue weighted by Crippen LogP contribution is -2.00. The van der Waals surface area contributed by atoms with Crippen molar-refractivity contribution in [1.29, 1.82) is 0 Å². The first kappa shape index (κ1) is 8.64. The lowest BCUT2D eigenvalue weighted by atomic mass is 10.1. The number of anilines is 1. The molecule has 0 aliphatic rings. The molecular weight excluding hydrogens is 154 g/mol. The van der Waals surface area contributed by atoms with Crippen molar-refractivity contribution in [3.05, 3.63) is 18.1 Å². The van der Waals surface area contributed by atoms with Crippen LogP contribution in [-0.2, 0) is 4.79 Å². The molecule has 4 nitrogen and oxygen atoms in total. The largest absolute Gasteiger partial charge is 0.313 e. The number of hydrogen-bond donors (Lipinski definition) is 1. The Hall–Kier alpha value is -1.45. The molecule has 0 aliphatic heterocycles. The predicted octanol–water partition coefficient (Wildman–Crippen LogP) is 1.17. The second kappa shape index (κ2) is 3.80. The molecule has 1 aromatic heterocycles. The highest BCUT2D eigenvalue weighted by molar-refractivity contribution is 5.68. The molecule has 0 spiro atoms. The molecule has 0 saturated carbocycles. The van der Waals surface area contributed by atoms with Crippen LogP contribution in [0.1, 0.15) is 25.5 Å². The number of rotatable bonds is 3. The molecule has 1 rings (SSSR count). The number of carbonyl (C=O) groups is 1. The Labute approximate surface area is 71.0 Å². The van der Waals surface area contributed by atoms with E-state index in [-0.39, 0.29) is 0 Å². The fourth-order valence-electron chi connectivity index (χ4n) is 0.827. The van der Waals surface area contributed by atoms with Gasteiger partial charge in [0.25, 0.3) is 0 Å². The molecule has 64 valence electrons. The first-order valence-corrected chi connectivity index (χ1v) is 3.76. The Morgan fingerprint density at radius 2 is 2.25 bits per heavy atom. The zero-order valence-electron chi connectivity index (χ0n) is 7.11. The maximum absolute atomic E-state index is 10.1. The maximum Gasteiger partial charge on any atom is 0.212 e. The fraction of sp³-hybridized carbons (Fsp3) is 0.375. The van der Waals surface area contributed by atoms with Crippen molar-refractivity contribution in [2.45, 2.75) is 19.8 Å². The Morgan fingerprint density at radius 3 is 2.83 bits per heavy atom. The quantitative estimate of drug-likeness (QED) is 0.684. The van der Waals surface area contributed by atoms with E-state index in [1.165, 1.54) is 6.33 Å². The molecule has 0 atom stereocenters. The van der Waals surface area contributed by atoms with Gasteiger partial charge in [-0.1, -0.05) is 13.8 Å². The van der Waals surface area contributed by atoms with E-state index in [1.807, 2.05) is 13.8 Å². The van der Waals surface area contributed by atoms with E-state index >= 15 is 0 Å². The summed E-state index contributed by atoms with van der Waals surface area (Å²) in [5.41, 5.74) is 0.925. The van der Waals surface area contributed by atoms with Crippen molar-refractivity contribution in [2.24, 2.45) is 0 Å². The summed E-state index contributed by atoms with van der Waals surface area (Å²) < 4.78 is 0. The van der Waals surface area contributed by atoms with E-state index in [0.29, 0.717) is 18.1 Å². The molecule has 1 amide bonds. The van der Waals surface area contributed by atoms with E-state index in [4.69, 9.17) is 0 Å². The predicted molar refractivity (Wildman–Crippen MR) is 45.8 cm³/mol. The zero-order chi connectivity index (χ0) is 8.97. The Kier molecular flexibility index (Phi) is 2.74. The Morgan fingerprint density at radius 1 is 1.50 bits per heavy atom. The van der Waals surface area contributed by atoms with E-state index in [9.17, 15) is 4.79 Å². The van der Waals surface area contributed by atoms with Crippen molar-refractivity contribution in [2.75, 3.05) is 5.32 Å². The van der Waals surface area contributed by atoms with Crippen LogP contribution in [0.5, 0.6) is 0 Å². The maximum atomic E-state index is 10.1. The minimum absolute atomic E-state index is 0.347. The van der Waals surface area contributed by atoms with Gasteiger partial charge in [0, 0.05) is 11.8 Å². The second-order valence-electron chi connectivity index (χ2n) is 2.75. The minimum atomic E-state index is 0.347. The monoisotopic (exact) mass is 165 g/mol. The van der Waals surface area contributed by atoms with E-state index in [2.05, 4.69) is 15.3 Å². The lowest BCUT2D eigenvalue weighted by Gasteiger charge is -2.04.